The largest absolute Gasteiger partial charge is 0.490 e. The molecule has 0 saturated heterocycles. The molecular formula is C12H14N4O3. The van der Waals surface area contributed by atoms with Gasteiger partial charge in [-0.3, -0.25) is 14.8 Å². The Morgan fingerprint density at radius 3 is 2.63 bits per heavy atom. The summed E-state index contributed by atoms with van der Waals surface area (Å²) in [7, 11) is 3.11. The number of hydrogen-bond donors (Lipinski definition) is 1. The highest BCUT2D eigenvalue weighted by atomic mass is 16.6. The smallest absolute Gasteiger partial charge is 0.311 e. The lowest BCUT2D eigenvalue weighted by Gasteiger charge is -2.07. The third-order valence-electron chi connectivity index (χ3n) is 2.99. The van der Waals surface area contributed by atoms with Crippen molar-refractivity contribution in [1.29, 1.82) is 0 Å². The molecular weight excluding hydrogens is 248 g/mol. The normalized spacial score (nSPS) is 10.5. The van der Waals surface area contributed by atoms with Gasteiger partial charge >= 0.3 is 5.69 Å². The van der Waals surface area contributed by atoms with Gasteiger partial charge < -0.3 is 10.5 Å². The van der Waals surface area contributed by atoms with Crippen molar-refractivity contribution >= 4 is 11.5 Å². The Hall–Kier alpha value is -2.57. The molecule has 0 aliphatic rings. The van der Waals surface area contributed by atoms with E-state index in [1.165, 1.54) is 17.9 Å². The van der Waals surface area contributed by atoms with Gasteiger partial charge in [-0.2, -0.15) is 5.10 Å². The number of rotatable bonds is 3. The van der Waals surface area contributed by atoms with Gasteiger partial charge in [-0.05, 0) is 13.0 Å². The molecule has 0 aliphatic heterocycles. The Morgan fingerprint density at radius 1 is 1.47 bits per heavy atom. The quantitative estimate of drug-likeness (QED) is 0.673. The van der Waals surface area contributed by atoms with E-state index in [0.717, 1.165) is 5.56 Å². The first-order valence-corrected chi connectivity index (χ1v) is 5.58. The second-order valence-electron chi connectivity index (χ2n) is 4.10. The zero-order chi connectivity index (χ0) is 14.2. The van der Waals surface area contributed by atoms with Crippen molar-refractivity contribution in [2.75, 3.05) is 12.8 Å². The zero-order valence-corrected chi connectivity index (χ0v) is 10.9. The molecule has 0 bridgehead atoms. The van der Waals surface area contributed by atoms with Crippen molar-refractivity contribution in [2.24, 2.45) is 7.05 Å². The maximum absolute atomic E-state index is 11.0. The van der Waals surface area contributed by atoms with Crippen LogP contribution in [0.25, 0.3) is 11.3 Å². The first kappa shape index (κ1) is 12.9. The Balaban J connectivity index is 2.72. The molecule has 2 aromatic rings. The van der Waals surface area contributed by atoms with Crippen LogP contribution in [0, 0.1) is 17.0 Å². The van der Waals surface area contributed by atoms with Crippen LogP contribution in [0.15, 0.2) is 18.2 Å². The van der Waals surface area contributed by atoms with Crippen LogP contribution in [0.1, 0.15) is 5.56 Å². The SMILES string of the molecule is COc1c(-c2nn(C)c(N)c2C)cccc1[N+](=O)[O-]. The van der Waals surface area contributed by atoms with Crippen LogP contribution in [-0.2, 0) is 7.05 Å². The molecule has 0 saturated carbocycles. The van der Waals surface area contributed by atoms with Crippen molar-refractivity contribution in [2.45, 2.75) is 6.92 Å². The summed E-state index contributed by atoms with van der Waals surface area (Å²) in [4.78, 5) is 10.5. The number of nitrogens with two attached hydrogens (primary N) is 1. The summed E-state index contributed by atoms with van der Waals surface area (Å²) in [6.45, 7) is 1.82. The molecule has 1 aromatic carbocycles. The first-order valence-electron chi connectivity index (χ1n) is 5.58. The van der Waals surface area contributed by atoms with Crippen molar-refractivity contribution in [1.82, 2.24) is 9.78 Å². The van der Waals surface area contributed by atoms with Gasteiger partial charge in [0.1, 0.15) is 11.5 Å². The lowest BCUT2D eigenvalue weighted by Crippen LogP contribution is -1.98. The number of aryl methyl sites for hydroxylation is 1. The number of nitro benzene ring substituents is 1. The van der Waals surface area contributed by atoms with Crippen LogP contribution in [-0.4, -0.2) is 21.8 Å². The molecule has 0 amide bonds. The molecule has 100 valence electrons. The van der Waals surface area contributed by atoms with E-state index in [4.69, 9.17) is 10.5 Å². The summed E-state index contributed by atoms with van der Waals surface area (Å²) in [6.07, 6.45) is 0. The summed E-state index contributed by atoms with van der Waals surface area (Å²) >= 11 is 0. The molecule has 0 spiro atoms. The number of para-hydroxylation sites is 1. The summed E-state index contributed by atoms with van der Waals surface area (Å²) in [5.74, 6) is 0.706. The summed E-state index contributed by atoms with van der Waals surface area (Å²) in [5.41, 5.74) is 7.67. The fourth-order valence-corrected chi connectivity index (χ4v) is 1.97. The minimum absolute atomic E-state index is 0.0939. The molecule has 0 unspecified atom stereocenters. The second-order valence-corrected chi connectivity index (χ2v) is 4.10. The molecule has 0 aliphatic carbocycles. The van der Waals surface area contributed by atoms with Crippen LogP contribution >= 0.6 is 0 Å². The van der Waals surface area contributed by atoms with E-state index in [0.29, 0.717) is 17.1 Å². The topological polar surface area (TPSA) is 96.2 Å². The number of nitro groups is 1. The van der Waals surface area contributed by atoms with Crippen molar-refractivity contribution in [3.8, 4) is 17.0 Å². The number of benzene rings is 1. The van der Waals surface area contributed by atoms with E-state index in [-0.39, 0.29) is 11.4 Å². The minimum Gasteiger partial charge on any atom is -0.490 e. The number of nitrogens with zero attached hydrogens (tertiary/aromatic N) is 3. The highest BCUT2D eigenvalue weighted by Crippen LogP contribution is 2.39. The summed E-state index contributed by atoms with van der Waals surface area (Å²) < 4.78 is 6.70. The van der Waals surface area contributed by atoms with Crippen molar-refractivity contribution < 1.29 is 9.66 Å². The van der Waals surface area contributed by atoms with Gasteiger partial charge in [0.15, 0.2) is 0 Å². The Morgan fingerprint density at radius 2 is 2.16 bits per heavy atom. The molecule has 19 heavy (non-hydrogen) atoms. The Bertz CT molecular complexity index is 649. The van der Waals surface area contributed by atoms with E-state index in [1.807, 2.05) is 6.92 Å². The van der Waals surface area contributed by atoms with Crippen molar-refractivity contribution in [3.05, 3.63) is 33.9 Å². The number of methoxy groups -OCH3 is 1. The predicted octanol–water partition coefficient (Wildman–Crippen LogP) is 1.89. The van der Waals surface area contributed by atoms with Crippen LogP contribution in [0.4, 0.5) is 11.5 Å². The second kappa shape index (κ2) is 4.60. The van der Waals surface area contributed by atoms with Gasteiger partial charge in [-0.1, -0.05) is 6.07 Å². The first-order chi connectivity index (χ1) is 8.97. The predicted molar refractivity (Wildman–Crippen MR) is 71.0 cm³/mol. The molecule has 1 heterocycles. The third kappa shape index (κ3) is 1.99. The molecule has 1 aromatic heterocycles. The van der Waals surface area contributed by atoms with Crippen LogP contribution in [0.5, 0.6) is 5.75 Å². The van der Waals surface area contributed by atoms with Crippen molar-refractivity contribution in [3.63, 3.8) is 0 Å². The zero-order valence-electron chi connectivity index (χ0n) is 10.9. The number of hydrogen-bond acceptors (Lipinski definition) is 5. The van der Waals surface area contributed by atoms with E-state index < -0.39 is 4.92 Å². The summed E-state index contributed by atoms with van der Waals surface area (Å²) in [5, 5.41) is 15.3. The Labute approximate surface area is 109 Å². The van der Waals surface area contributed by atoms with Gasteiger partial charge in [0, 0.05) is 18.7 Å². The monoisotopic (exact) mass is 262 g/mol. The molecule has 7 nitrogen and oxygen atoms in total. The minimum atomic E-state index is -0.482. The van der Waals surface area contributed by atoms with E-state index in [2.05, 4.69) is 5.10 Å². The maximum Gasteiger partial charge on any atom is 0.311 e. The maximum atomic E-state index is 11.0. The Kier molecular flexibility index (Phi) is 3.12. The van der Waals surface area contributed by atoms with Gasteiger partial charge in [-0.15, -0.1) is 0 Å². The molecule has 2 N–H and O–H groups in total. The molecule has 0 radical (unpaired) electrons. The molecule has 0 atom stereocenters. The highest BCUT2D eigenvalue weighted by molar-refractivity contribution is 5.77. The number of aromatic nitrogens is 2. The van der Waals surface area contributed by atoms with E-state index in [1.54, 1.807) is 19.2 Å². The third-order valence-corrected chi connectivity index (χ3v) is 2.99. The standard InChI is InChI=1S/C12H14N4O3/c1-7-10(14-15(2)12(7)13)8-5-4-6-9(16(17)18)11(8)19-3/h4-6H,13H2,1-3H3. The lowest BCUT2D eigenvalue weighted by atomic mass is 10.1. The van der Waals surface area contributed by atoms with E-state index in [9.17, 15) is 10.1 Å². The number of anilines is 1. The number of nitrogen functional groups attached to an aromatic ring is 1. The average Bonchev–Trinajstić information content (AvgIpc) is 2.65. The number of ether oxygens (including phenoxy) is 1. The van der Waals surface area contributed by atoms with Gasteiger partial charge in [-0.25, -0.2) is 0 Å². The van der Waals surface area contributed by atoms with Gasteiger partial charge in [0.2, 0.25) is 5.75 Å². The van der Waals surface area contributed by atoms with Crippen LogP contribution in [0.3, 0.4) is 0 Å². The fourth-order valence-electron chi connectivity index (χ4n) is 1.97. The average molecular weight is 262 g/mol. The van der Waals surface area contributed by atoms with Gasteiger partial charge in [0.25, 0.3) is 0 Å². The molecule has 2 rings (SSSR count). The lowest BCUT2D eigenvalue weighted by molar-refractivity contribution is -0.385. The van der Waals surface area contributed by atoms with Gasteiger partial charge in [0.05, 0.1) is 17.6 Å². The summed E-state index contributed by atoms with van der Waals surface area (Å²) in [6, 6.07) is 4.71. The van der Waals surface area contributed by atoms with Crippen LogP contribution in [0.2, 0.25) is 0 Å². The van der Waals surface area contributed by atoms with E-state index >= 15 is 0 Å². The van der Waals surface area contributed by atoms with Crippen LogP contribution < -0.4 is 10.5 Å². The molecule has 7 heteroatoms. The molecule has 0 fully saturated rings. The fraction of sp³-hybridized carbons (Fsp3) is 0.250. The highest BCUT2D eigenvalue weighted by Gasteiger charge is 2.22.